The number of benzene rings is 3. The molecule has 0 radical (unpaired) electrons. The van der Waals surface area contributed by atoms with Crippen molar-refractivity contribution in [3.63, 3.8) is 0 Å². The quantitative estimate of drug-likeness (QED) is 0.0413. The predicted molar refractivity (Wildman–Crippen MR) is 222 cm³/mol. The highest BCUT2D eigenvalue weighted by molar-refractivity contribution is 7.48. The summed E-state index contributed by atoms with van der Waals surface area (Å²) in [7, 11) is -2.94. The van der Waals surface area contributed by atoms with Gasteiger partial charge >= 0.3 is 25.8 Å². The second-order valence-electron chi connectivity index (χ2n) is 14.1. The van der Waals surface area contributed by atoms with E-state index < -0.39 is 54.4 Å². The number of carbonyl (C=O) groups is 1. The molecule has 0 saturated heterocycles. The number of methoxy groups -OCH3 is 1. The molecule has 0 aliphatic carbocycles. The number of rotatable bonds is 15. The van der Waals surface area contributed by atoms with Gasteiger partial charge in [0.2, 0.25) is 11.7 Å². The first-order valence-electron chi connectivity index (χ1n) is 19.9. The van der Waals surface area contributed by atoms with E-state index in [4.69, 9.17) is 28.1 Å². The van der Waals surface area contributed by atoms with Crippen LogP contribution in [0.4, 0.5) is 34.0 Å². The maximum absolute atomic E-state index is 16.5. The van der Waals surface area contributed by atoms with Crippen LogP contribution in [0.25, 0.3) is 27.8 Å². The number of alkyl halides is 3. The first-order chi connectivity index (χ1) is 30.1. The zero-order valence-electron chi connectivity index (χ0n) is 34.8. The third kappa shape index (κ3) is 8.83. The Morgan fingerprint density at radius 2 is 1.67 bits per heavy atom. The van der Waals surface area contributed by atoms with Crippen LogP contribution in [-0.2, 0) is 56.9 Å². The number of phosphoric acid groups is 1. The minimum Gasteiger partial charge on any atom is -0.492 e. The molecule has 0 N–H and O–H groups in total. The van der Waals surface area contributed by atoms with Crippen molar-refractivity contribution in [2.75, 3.05) is 31.8 Å². The van der Waals surface area contributed by atoms with Gasteiger partial charge in [0.25, 0.3) is 0 Å². The molecule has 0 fully saturated rings. The van der Waals surface area contributed by atoms with Crippen LogP contribution in [0.15, 0.2) is 67.1 Å². The molecule has 4 heterocycles. The summed E-state index contributed by atoms with van der Waals surface area (Å²) in [4.78, 5) is 34.9. The molecule has 0 unspecified atom stereocenters. The van der Waals surface area contributed by atoms with Crippen molar-refractivity contribution in [2.45, 2.75) is 66.3 Å². The first kappa shape index (κ1) is 44.7. The van der Waals surface area contributed by atoms with Crippen LogP contribution in [-0.4, -0.2) is 62.2 Å². The molecule has 6 aromatic rings. The number of aryl methyl sites for hydroxylation is 2. The molecule has 21 heteroatoms. The van der Waals surface area contributed by atoms with Crippen molar-refractivity contribution in [3.8, 4) is 28.4 Å². The number of hydrogen-bond acceptors (Lipinski definition) is 13. The van der Waals surface area contributed by atoms with E-state index in [1.165, 1.54) is 31.5 Å². The van der Waals surface area contributed by atoms with E-state index in [1.54, 1.807) is 29.5 Å². The van der Waals surface area contributed by atoms with Gasteiger partial charge in [0.15, 0.2) is 11.6 Å². The number of halogens is 4. The van der Waals surface area contributed by atoms with Crippen LogP contribution in [0, 0.1) is 15.9 Å². The van der Waals surface area contributed by atoms with Crippen molar-refractivity contribution in [2.24, 2.45) is 0 Å². The van der Waals surface area contributed by atoms with Gasteiger partial charge in [0.1, 0.15) is 12.1 Å². The molecule has 16 nitrogen and oxygen atoms in total. The van der Waals surface area contributed by atoms with Gasteiger partial charge in [0, 0.05) is 60.7 Å². The Labute approximate surface area is 358 Å². The summed E-state index contributed by atoms with van der Waals surface area (Å²) >= 11 is 0. The molecule has 0 atom stereocenters. The molecule has 0 spiro atoms. The number of nitro groups is 1. The van der Waals surface area contributed by atoms with Gasteiger partial charge in [-0.2, -0.15) is 18.3 Å². The highest BCUT2D eigenvalue weighted by Gasteiger charge is 2.35. The fourth-order valence-corrected chi connectivity index (χ4v) is 8.73. The smallest absolute Gasteiger partial charge is 0.492 e. The number of fused-ring (bicyclic) bond motifs is 2. The van der Waals surface area contributed by atoms with Gasteiger partial charge in [-0.05, 0) is 61.6 Å². The molecular weight excluding hydrogens is 853 g/mol. The van der Waals surface area contributed by atoms with E-state index in [9.17, 15) is 32.6 Å². The van der Waals surface area contributed by atoms with Crippen molar-refractivity contribution >= 4 is 36.5 Å². The second-order valence-corrected chi connectivity index (χ2v) is 15.7. The minimum absolute atomic E-state index is 0.00885. The third-order valence-electron chi connectivity index (χ3n) is 10.4. The van der Waals surface area contributed by atoms with Crippen molar-refractivity contribution in [1.29, 1.82) is 0 Å². The van der Waals surface area contributed by atoms with Gasteiger partial charge < -0.3 is 18.9 Å². The van der Waals surface area contributed by atoms with E-state index in [0.717, 1.165) is 39.8 Å². The summed E-state index contributed by atoms with van der Waals surface area (Å²) in [5.41, 5.74) is 3.42. The van der Waals surface area contributed by atoms with E-state index in [-0.39, 0.29) is 42.5 Å². The van der Waals surface area contributed by atoms with Gasteiger partial charge in [-0.15, -0.1) is 0 Å². The molecule has 0 bridgehead atoms. The Balaban J connectivity index is 1.30. The molecule has 1 aliphatic rings. The predicted octanol–water partition coefficient (Wildman–Crippen LogP) is 9.79. The van der Waals surface area contributed by atoms with Gasteiger partial charge in [-0.3, -0.25) is 19.2 Å². The molecule has 0 amide bonds. The number of anilines is 1. The Bertz CT molecular complexity index is 2710. The highest BCUT2D eigenvalue weighted by Crippen LogP contribution is 2.51. The summed E-state index contributed by atoms with van der Waals surface area (Å²) < 4.78 is 99.1. The second kappa shape index (κ2) is 18.2. The summed E-state index contributed by atoms with van der Waals surface area (Å²) in [6.07, 6.45) is -1.14. The van der Waals surface area contributed by atoms with E-state index in [0.29, 0.717) is 53.7 Å². The fourth-order valence-electron chi connectivity index (χ4n) is 7.52. The topological polar surface area (TPSA) is 175 Å². The van der Waals surface area contributed by atoms with E-state index >= 15 is 4.39 Å². The molecule has 332 valence electrons. The lowest BCUT2D eigenvalue weighted by atomic mass is 9.97. The van der Waals surface area contributed by atoms with Crippen molar-refractivity contribution in [1.82, 2.24) is 24.3 Å². The first-order valence-corrected chi connectivity index (χ1v) is 21.4. The molecule has 3 aromatic carbocycles. The van der Waals surface area contributed by atoms with Crippen LogP contribution in [0.3, 0.4) is 0 Å². The number of aromatic nitrogens is 5. The standard InChI is InChI=1S/C42H42F4N7O9P/c1-6-26-11-10-12-27(7-2)36(26)52-37(31-23-50(17-16-33(31)49-52)40-47-21-28(22-48-40)42(44,45)46)30-20-32(43)39(58-5)38-29(30)15-18-51(38)41(54)59-24-25-13-14-35(34(19-25)53(55)56)62-63(57,60-8-3)61-9-4/h10-15,18-22H,6-9,16-17,23-24H2,1-5H3. The van der Waals surface area contributed by atoms with Crippen LogP contribution >= 0.6 is 7.82 Å². The SMILES string of the molecule is CCOP(=O)(OCC)Oc1ccc(COC(=O)n2ccc3c(-c4c5c(nn4-c4c(CC)cccc4CC)CCN(c4ncc(C(F)(F)F)cn4)C5)cc(F)c(OC)c32)cc1[N+](=O)[O-]. The van der Waals surface area contributed by atoms with E-state index in [1.807, 2.05) is 32.0 Å². The summed E-state index contributed by atoms with van der Waals surface area (Å²) in [5.74, 6) is -1.42. The number of nitrogens with zero attached hydrogens (tertiary/aromatic N) is 7. The average molecular weight is 896 g/mol. The normalized spacial score (nSPS) is 13.0. The zero-order chi connectivity index (χ0) is 45.2. The Morgan fingerprint density at radius 3 is 2.27 bits per heavy atom. The number of ether oxygens (including phenoxy) is 2. The van der Waals surface area contributed by atoms with Gasteiger partial charge in [0.05, 0.1) is 47.9 Å². The Kier molecular flexibility index (Phi) is 12.9. The minimum atomic E-state index is -4.62. The number of carbonyl (C=O) groups excluding carboxylic acids is 1. The monoisotopic (exact) mass is 895 g/mol. The maximum Gasteiger partial charge on any atom is 0.530 e. The van der Waals surface area contributed by atoms with Crippen molar-refractivity contribution in [3.05, 3.63) is 117 Å². The molecule has 63 heavy (non-hydrogen) atoms. The lowest BCUT2D eigenvalue weighted by molar-refractivity contribution is -0.385. The van der Waals surface area contributed by atoms with Crippen molar-refractivity contribution < 1.29 is 54.9 Å². The van der Waals surface area contributed by atoms with Gasteiger partial charge in [-0.1, -0.05) is 38.1 Å². The Morgan fingerprint density at radius 1 is 0.984 bits per heavy atom. The number of nitro benzene ring substituents is 1. The number of phosphoric ester groups is 1. The van der Waals surface area contributed by atoms with Crippen LogP contribution in [0.1, 0.15) is 61.2 Å². The molecule has 0 saturated carbocycles. The number of para-hydroxylation sites is 1. The van der Waals surface area contributed by atoms with Gasteiger partial charge in [-0.25, -0.2) is 33.0 Å². The summed E-state index contributed by atoms with van der Waals surface area (Å²) in [6, 6.07) is 12.4. The van der Waals surface area contributed by atoms with Crippen LogP contribution in [0.5, 0.6) is 11.5 Å². The third-order valence-corrected chi connectivity index (χ3v) is 11.9. The molecule has 3 aromatic heterocycles. The fraction of sp³-hybridized carbons (Fsp3) is 0.333. The van der Waals surface area contributed by atoms with E-state index in [2.05, 4.69) is 9.97 Å². The largest absolute Gasteiger partial charge is 0.530 e. The lowest BCUT2D eigenvalue weighted by Gasteiger charge is -2.27. The summed E-state index contributed by atoms with van der Waals surface area (Å²) in [5, 5.41) is 17.5. The molecule has 1 aliphatic heterocycles. The molecule has 7 rings (SSSR count). The maximum atomic E-state index is 16.5. The van der Waals surface area contributed by atoms with Crippen LogP contribution < -0.4 is 14.2 Å². The van der Waals surface area contributed by atoms with Crippen LogP contribution in [0.2, 0.25) is 0 Å². The molecular formula is C42H42F4N7O9P. The average Bonchev–Trinajstić information content (AvgIpc) is 3.87. The summed E-state index contributed by atoms with van der Waals surface area (Å²) in [6.45, 7) is 6.96. The zero-order valence-corrected chi connectivity index (χ0v) is 35.7. The lowest BCUT2D eigenvalue weighted by Crippen LogP contribution is -2.31. The highest BCUT2D eigenvalue weighted by atomic mass is 31.2. The number of hydrogen-bond donors (Lipinski definition) is 0. The Hall–Kier alpha value is -6.37.